The quantitative estimate of drug-likeness (QED) is 0.0766. The molecule has 0 unspecified atom stereocenters. The highest BCUT2D eigenvalue weighted by Gasteiger charge is 2.25. The van der Waals surface area contributed by atoms with E-state index in [0.29, 0.717) is 12.8 Å². The van der Waals surface area contributed by atoms with Crippen molar-refractivity contribution in [2.24, 2.45) is 11.8 Å². The standard InChI is InChI=1S/2C14H26O4/c2*1-2-3-4-5-6-7-8-9-10-11-12(13(15)16)14(17)18/h2*12H,2-11H2,1H3,(H,15,16)(H,17,18). The number of rotatable bonds is 24. The van der Waals surface area contributed by atoms with Crippen LogP contribution in [0.3, 0.4) is 0 Å². The van der Waals surface area contributed by atoms with Crippen LogP contribution >= 0.6 is 0 Å². The summed E-state index contributed by atoms with van der Waals surface area (Å²) in [4.78, 5) is 42.5. The van der Waals surface area contributed by atoms with Gasteiger partial charge in [-0.25, -0.2) is 0 Å². The van der Waals surface area contributed by atoms with Gasteiger partial charge in [0.2, 0.25) is 0 Å². The molecule has 8 nitrogen and oxygen atoms in total. The Bertz CT molecular complexity index is 498. The number of hydrogen-bond acceptors (Lipinski definition) is 4. The van der Waals surface area contributed by atoms with E-state index in [2.05, 4.69) is 13.8 Å². The maximum absolute atomic E-state index is 10.6. The molecule has 212 valence electrons. The fourth-order valence-electron chi connectivity index (χ4n) is 4.02. The predicted molar refractivity (Wildman–Crippen MR) is 141 cm³/mol. The molecule has 0 atom stereocenters. The van der Waals surface area contributed by atoms with Crippen molar-refractivity contribution >= 4 is 23.9 Å². The molecule has 0 fully saturated rings. The molecule has 0 aliphatic rings. The van der Waals surface area contributed by atoms with Crippen molar-refractivity contribution in [2.75, 3.05) is 0 Å². The van der Waals surface area contributed by atoms with Gasteiger partial charge in [-0.2, -0.15) is 0 Å². The van der Waals surface area contributed by atoms with Crippen molar-refractivity contribution in [1.82, 2.24) is 0 Å². The third-order valence-corrected chi connectivity index (χ3v) is 6.39. The lowest BCUT2D eigenvalue weighted by Gasteiger charge is -2.06. The van der Waals surface area contributed by atoms with Gasteiger partial charge in [-0.1, -0.05) is 129 Å². The molecule has 0 aromatic carbocycles. The summed E-state index contributed by atoms with van der Waals surface area (Å²) < 4.78 is 0. The van der Waals surface area contributed by atoms with Crippen LogP contribution in [0, 0.1) is 11.8 Å². The Labute approximate surface area is 217 Å². The molecule has 0 saturated carbocycles. The van der Waals surface area contributed by atoms with Crippen LogP contribution in [0.15, 0.2) is 0 Å². The van der Waals surface area contributed by atoms with Gasteiger partial charge in [0, 0.05) is 0 Å². The van der Waals surface area contributed by atoms with Crippen LogP contribution in [0.4, 0.5) is 0 Å². The predicted octanol–water partition coefficient (Wildman–Crippen LogP) is 7.39. The molecule has 0 radical (unpaired) electrons. The van der Waals surface area contributed by atoms with Crippen molar-refractivity contribution in [2.45, 2.75) is 142 Å². The van der Waals surface area contributed by atoms with Gasteiger partial charge in [-0.3, -0.25) is 19.2 Å². The van der Waals surface area contributed by atoms with E-state index in [9.17, 15) is 19.2 Å². The summed E-state index contributed by atoms with van der Waals surface area (Å²) in [7, 11) is 0. The van der Waals surface area contributed by atoms with Gasteiger partial charge in [0.15, 0.2) is 11.8 Å². The highest BCUT2D eigenvalue weighted by atomic mass is 16.4. The Morgan fingerprint density at radius 1 is 0.389 bits per heavy atom. The van der Waals surface area contributed by atoms with Crippen molar-refractivity contribution in [1.29, 1.82) is 0 Å². The number of aliphatic carboxylic acids is 4. The summed E-state index contributed by atoms with van der Waals surface area (Å²) in [6, 6.07) is 0. The van der Waals surface area contributed by atoms with Gasteiger partial charge in [0.1, 0.15) is 0 Å². The fraction of sp³-hybridized carbons (Fsp3) is 0.857. The van der Waals surface area contributed by atoms with E-state index in [0.717, 1.165) is 25.7 Å². The monoisotopic (exact) mass is 516 g/mol. The molecule has 0 saturated heterocycles. The third kappa shape index (κ3) is 23.6. The topological polar surface area (TPSA) is 149 Å². The second kappa shape index (κ2) is 26.0. The first kappa shape index (κ1) is 36.0. The highest BCUT2D eigenvalue weighted by molar-refractivity contribution is 5.93. The van der Waals surface area contributed by atoms with Crippen LogP contribution in [-0.2, 0) is 19.2 Å². The lowest BCUT2D eigenvalue weighted by Crippen LogP contribution is -2.23. The zero-order chi connectivity index (χ0) is 27.6. The zero-order valence-corrected chi connectivity index (χ0v) is 22.7. The molecular weight excluding hydrogens is 464 g/mol. The average Bonchev–Trinajstić information content (AvgIpc) is 2.81. The molecular formula is C28H52O8. The van der Waals surface area contributed by atoms with Crippen LogP contribution in [0.1, 0.15) is 142 Å². The molecule has 0 amide bonds. The number of carboxylic acid groups (broad SMARTS) is 4. The Hall–Kier alpha value is -2.12. The first-order valence-corrected chi connectivity index (χ1v) is 14.1. The van der Waals surface area contributed by atoms with Gasteiger partial charge in [-0.05, 0) is 12.8 Å². The Balaban J connectivity index is 0. The summed E-state index contributed by atoms with van der Waals surface area (Å²) >= 11 is 0. The SMILES string of the molecule is CCCCCCCCCCCC(C(=O)O)C(=O)O.CCCCCCCCCCCC(C(=O)O)C(=O)O. The maximum Gasteiger partial charge on any atom is 0.317 e. The minimum Gasteiger partial charge on any atom is -0.481 e. The average molecular weight is 517 g/mol. The Morgan fingerprint density at radius 2 is 0.583 bits per heavy atom. The number of unbranched alkanes of at least 4 members (excludes halogenated alkanes) is 16. The van der Waals surface area contributed by atoms with E-state index >= 15 is 0 Å². The lowest BCUT2D eigenvalue weighted by atomic mass is 10.00. The molecule has 4 N–H and O–H groups in total. The molecule has 0 bridgehead atoms. The van der Waals surface area contributed by atoms with E-state index in [1.807, 2.05) is 0 Å². The first-order valence-electron chi connectivity index (χ1n) is 14.1. The maximum atomic E-state index is 10.6. The smallest absolute Gasteiger partial charge is 0.317 e. The fourth-order valence-corrected chi connectivity index (χ4v) is 4.02. The van der Waals surface area contributed by atoms with Crippen LogP contribution < -0.4 is 0 Å². The van der Waals surface area contributed by atoms with Gasteiger partial charge < -0.3 is 20.4 Å². The molecule has 0 aliphatic heterocycles. The van der Waals surface area contributed by atoms with Crippen molar-refractivity contribution in [3.63, 3.8) is 0 Å². The number of carbonyl (C=O) groups is 4. The molecule has 0 spiro atoms. The van der Waals surface area contributed by atoms with Crippen molar-refractivity contribution < 1.29 is 39.6 Å². The largest absolute Gasteiger partial charge is 0.481 e. The zero-order valence-electron chi connectivity index (χ0n) is 22.7. The lowest BCUT2D eigenvalue weighted by molar-refractivity contribution is -0.156. The summed E-state index contributed by atoms with van der Waals surface area (Å²) in [5.41, 5.74) is 0. The minimum absolute atomic E-state index is 0.250. The van der Waals surface area contributed by atoms with Crippen LogP contribution in [0.2, 0.25) is 0 Å². The van der Waals surface area contributed by atoms with E-state index in [4.69, 9.17) is 20.4 Å². The van der Waals surface area contributed by atoms with Crippen LogP contribution in [-0.4, -0.2) is 44.3 Å². The third-order valence-electron chi connectivity index (χ3n) is 6.39. The first-order chi connectivity index (χ1) is 17.2. The van der Waals surface area contributed by atoms with Gasteiger partial charge in [0.05, 0.1) is 0 Å². The normalized spacial score (nSPS) is 10.8. The van der Waals surface area contributed by atoms with Crippen LogP contribution in [0.5, 0.6) is 0 Å². The van der Waals surface area contributed by atoms with Gasteiger partial charge in [-0.15, -0.1) is 0 Å². The Morgan fingerprint density at radius 3 is 0.778 bits per heavy atom. The highest BCUT2D eigenvalue weighted by Crippen LogP contribution is 2.15. The second-order valence-electron chi connectivity index (χ2n) is 9.69. The van der Waals surface area contributed by atoms with E-state index in [-0.39, 0.29) is 12.8 Å². The van der Waals surface area contributed by atoms with E-state index in [1.54, 1.807) is 0 Å². The summed E-state index contributed by atoms with van der Waals surface area (Å²) in [6.07, 6.45) is 21.0. The van der Waals surface area contributed by atoms with E-state index < -0.39 is 35.7 Å². The molecule has 36 heavy (non-hydrogen) atoms. The molecule has 0 aliphatic carbocycles. The van der Waals surface area contributed by atoms with E-state index in [1.165, 1.54) is 77.0 Å². The summed E-state index contributed by atoms with van der Waals surface area (Å²) in [6.45, 7) is 4.39. The summed E-state index contributed by atoms with van der Waals surface area (Å²) in [5, 5.41) is 34.7. The molecule has 0 aromatic rings. The van der Waals surface area contributed by atoms with Crippen LogP contribution in [0.25, 0.3) is 0 Å². The molecule has 8 heteroatoms. The van der Waals surface area contributed by atoms with Crippen molar-refractivity contribution in [3.8, 4) is 0 Å². The minimum atomic E-state index is -1.23. The van der Waals surface area contributed by atoms with Gasteiger partial charge in [0.25, 0.3) is 0 Å². The van der Waals surface area contributed by atoms with Gasteiger partial charge >= 0.3 is 23.9 Å². The molecule has 0 rings (SSSR count). The number of carboxylic acids is 4. The Kier molecular flexibility index (Phi) is 26.0. The molecule has 0 aromatic heterocycles. The number of hydrogen-bond donors (Lipinski definition) is 4. The van der Waals surface area contributed by atoms with Crippen molar-refractivity contribution in [3.05, 3.63) is 0 Å². The summed E-state index contributed by atoms with van der Waals surface area (Å²) in [5.74, 6) is -7.34. The second-order valence-corrected chi connectivity index (χ2v) is 9.69. The molecule has 0 heterocycles.